The Morgan fingerprint density at radius 3 is 2.64 bits per heavy atom. The quantitative estimate of drug-likeness (QED) is 0.627. The third kappa shape index (κ3) is 3.05. The molecule has 1 unspecified atom stereocenters. The van der Waals surface area contributed by atoms with Crippen LogP contribution in [0.1, 0.15) is 36.8 Å². The van der Waals surface area contributed by atoms with Crippen molar-refractivity contribution < 1.29 is 13.5 Å². The van der Waals surface area contributed by atoms with Crippen molar-refractivity contribution >= 4 is 16.8 Å². The summed E-state index contributed by atoms with van der Waals surface area (Å²) in [4.78, 5) is 9.00. The van der Waals surface area contributed by atoms with Crippen LogP contribution in [-0.4, -0.2) is 22.5 Å². The van der Waals surface area contributed by atoms with E-state index in [0.29, 0.717) is 16.8 Å². The third-order valence-electron chi connectivity index (χ3n) is 5.79. The number of halogens is 2. The van der Waals surface area contributed by atoms with Gasteiger partial charge in [0.25, 0.3) is 0 Å². The zero-order valence-electron chi connectivity index (χ0n) is 15.4. The number of aliphatic imine (C=N–C) groups is 1. The van der Waals surface area contributed by atoms with Crippen molar-refractivity contribution in [3.8, 4) is 0 Å². The van der Waals surface area contributed by atoms with Gasteiger partial charge in [-0.2, -0.15) is 0 Å². The number of fused-ring (bicyclic) bond motifs is 1. The van der Waals surface area contributed by atoms with Gasteiger partial charge >= 0.3 is 0 Å². The van der Waals surface area contributed by atoms with E-state index in [1.807, 2.05) is 18.2 Å². The van der Waals surface area contributed by atoms with Crippen molar-refractivity contribution in [2.45, 2.75) is 43.7 Å². The number of rotatable bonds is 3. The van der Waals surface area contributed by atoms with Crippen molar-refractivity contribution in [1.29, 1.82) is 0 Å². The molecule has 0 saturated heterocycles. The summed E-state index contributed by atoms with van der Waals surface area (Å²) in [7, 11) is 0. The van der Waals surface area contributed by atoms with Crippen LogP contribution in [0, 0.1) is 11.6 Å². The highest BCUT2D eigenvalue weighted by molar-refractivity contribution is 5.98. The standard InChI is InChI=1S/C23H20F2N2O/c24-19-8-7-16-12-17(14-26-21(16)20(19)25)22-27-18(11-15-5-2-1-3-6-15)13-23(28-22)9-4-10-23/h1-3,5-8,12,14,18H,4,9-11,13H2. The molecule has 1 fully saturated rings. The van der Waals surface area contributed by atoms with E-state index in [-0.39, 0.29) is 17.2 Å². The van der Waals surface area contributed by atoms with E-state index in [9.17, 15) is 8.78 Å². The van der Waals surface area contributed by atoms with Crippen molar-refractivity contribution in [2.75, 3.05) is 0 Å². The first-order valence-electron chi connectivity index (χ1n) is 9.67. The molecule has 1 aliphatic carbocycles. The molecule has 1 aliphatic heterocycles. The average molecular weight is 378 g/mol. The predicted octanol–water partition coefficient (Wildman–Crippen LogP) is 5.21. The summed E-state index contributed by atoms with van der Waals surface area (Å²) in [5.41, 5.74) is 1.84. The molecule has 0 radical (unpaired) electrons. The van der Waals surface area contributed by atoms with Crippen LogP contribution in [0.25, 0.3) is 10.9 Å². The SMILES string of the molecule is Fc1ccc2cc(C3=NC(Cc4ccccc4)CC4(CCC4)O3)cnc2c1F. The van der Waals surface area contributed by atoms with E-state index in [2.05, 4.69) is 17.1 Å². The molecule has 1 atom stereocenters. The highest BCUT2D eigenvalue weighted by atomic mass is 19.2. The van der Waals surface area contributed by atoms with Crippen LogP contribution in [0.4, 0.5) is 8.78 Å². The summed E-state index contributed by atoms with van der Waals surface area (Å²) in [5, 5.41) is 0.538. The summed E-state index contributed by atoms with van der Waals surface area (Å²) < 4.78 is 33.7. The van der Waals surface area contributed by atoms with Crippen LogP contribution in [0.15, 0.2) is 59.7 Å². The third-order valence-corrected chi connectivity index (χ3v) is 5.79. The molecular weight excluding hydrogens is 358 g/mol. The smallest absolute Gasteiger partial charge is 0.218 e. The number of nitrogens with zero attached hydrogens (tertiary/aromatic N) is 2. The molecule has 5 rings (SSSR count). The number of aromatic nitrogens is 1. The maximum atomic E-state index is 14.0. The minimum Gasteiger partial charge on any atom is -0.471 e. The van der Waals surface area contributed by atoms with Crippen LogP contribution < -0.4 is 0 Å². The van der Waals surface area contributed by atoms with Gasteiger partial charge in [0.05, 0.1) is 11.6 Å². The van der Waals surface area contributed by atoms with Crippen LogP contribution in [0.3, 0.4) is 0 Å². The van der Waals surface area contributed by atoms with Gasteiger partial charge in [0, 0.05) is 18.0 Å². The molecule has 2 aliphatic rings. The molecule has 142 valence electrons. The Labute approximate surface area is 162 Å². The lowest BCUT2D eigenvalue weighted by Crippen LogP contribution is -2.48. The summed E-state index contributed by atoms with van der Waals surface area (Å²) in [6.45, 7) is 0. The largest absolute Gasteiger partial charge is 0.471 e. The van der Waals surface area contributed by atoms with Crippen LogP contribution in [0.2, 0.25) is 0 Å². The average Bonchev–Trinajstić information content (AvgIpc) is 2.70. The predicted molar refractivity (Wildman–Crippen MR) is 104 cm³/mol. The molecule has 2 heterocycles. The Hall–Kier alpha value is -2.82. The molecule has 28 heavy (non-hydrogen) atoms. The summed E-state index contributed by atoms with van der Waals surface area (Å²) in [6.07, 6.45) is 6.51. The fourth-order valence-corrected chi connectivity index (χ4v) is 4.19. The summed E-state index contributed by atoms with van der Waals surface area (Å²) >= 11 is 0. The monoisotopic (exact) mass is 378 g/mol. The first-order valence-corrected chi connectivity index (χ1v) is 9.67. The van der Waals surface area contributed by atoms with Gasteiger partial charge in [-0.15, -0.1) is 0 Å². The van der Waals surface area contributed by atoms with Gasteiger partial charge in [0.2, 0.25) is 5.90 Å². The zero-order chi connectivity index (χ0) is 19.1. The molecule has 1 saturated carbocycles. The Morgan fingerprint density at radius 2 is 1.89 bits per heavy atom. The lowest BCUT2D eigenvalue weighted by molar-refractivity contribution is -0.0414. The molecule has 5 heteroatoms. The second kappa shape index (κ2) is 6.66. The molecule has 1 spiro atoms. The highest BCUT2D eigenvalue weighted by Crippen LogP contribution is 2.43. The number of hydrogen-bond donors (Lipinski definition) is 0. The zero-order valence-corrected chi connectivity index (χ0v) is 15.4. The Bertz CT molecular complexity index is 1060. The maximum absolute atomic E-state index is 14.0. The fourth-order valence-electron chi connectivity index (χ4n) is 4.19. The molecule has 0 N–H and O–H groups in total. The summed E-state index contributed by atoms with van der Waals surface area (Å²) in [6, 6.07) is 14.9. The lowest BCUT2D eigenvalue weighted by Gasteiger charge is -2.46. The van der Waals surface area contributed by atoms with Gasteiger partial charge < -0.3 is 4.74 Å². The number of ether oxygens (including phenoxy) is 1. The fraction of sp³-hybridized carbons (Fsp3) is 0.304. The lowest BCUT2D eigenvalue weighted by atomic mass is 9.74. The first kappa shape index (κ1) is 17.3. The first-order chi connectivity index (χ1) is 13.6. The molecule has 2 aromatic carbocycles. The molecular formula is C23H20F2N2O. The van der Waals surface area contributed by atoms with E-state index in [1.54, 1.807) is 6.07 Å². The van der Waals surface area contributed by atoms with Crippen molar-refractivity contribution in [1.82, 2.24) is 4.98 Å². The van der Waals surface area contributed by atoms with Crippen molar-refractivity contribution in [2.24, 2.45) is 4.99 Å². The van der Waals surface area contributed by atoms with Gasteiger partial charge in [-0.05, 0) is 49.4 Å². The van der Waals surface area contributed by atoms with Gasteiger partial charge in [-0.1, -0.05) is 30.3 Å². The van der Waals surface area contributed by atoms with E-state index >= 15 is 0 Å². The molecule has 3 aromatic rings. The minimum absolute atomic E-state index is 0.0272. The Kier molecular flexibility index (Phi) is 4.11. The van der Waals surface area contributed by atoms with Crippen LogP contribution in [-0.2, 0) is 11.2 Å². The normalized spacial score (nSPS) is 20.5. The van der Waals surface area contributed by atoms with Gasteiger partial charge in [0.15, 0.2) is 11.6 Å². The number of hydrogen-bond acceptors (Lipinski definition) is 3. The van der Waals surface area contributed by atoms with Crippen LogP contribution in [0.5, 0.6) is 0 Å². The van der Waals surface area contributed by atoms with Gasteiger partial charge in [0.1, 0.15) is 11.1 Å². The van der Waals surface area contributed by atoms with Crippen LogP contribution >= 0.6 is 0 Å². The van der Waals surface area contributed by atoms with Crippen molar-refractivity contribution in [3.05, 3.63) is 77.5 Å². The van der Waals surface area contributed by atoms with E-state index in [0.717, 1.165) is 38.2 Å². The topological polar surface area (TPSA) is 34.5 Å². The summed E-state index contributed by atoms with van der Waals surface area (Å²) in [5.74, 6) is -1.26. The molecule has 3 nitrogen and oxygen atoms in total. The highest BCUT2D eigenvalue weighted by Gasteiger charge is 2.45. The Balaban J connectivity index is 1.51. The van der Waals surface area contributed by atoms with E-state index in [4.69, 9.17) is 9.73 Å². The molecule has 0 bridgehead atoms. The van der Waals surface area contributed by atoms with E-state index < -0.39 is 11.6 Å². The molecule has 1 aromatic heterocycles. The second-order valence-electron chi connectivity index (χ2n) is 7.78. The molecule has 0 amide bonds. The second-order valence-corrected chi connectivity index (χ2v) is 7.78. The van der Waals surface area contributed by atoms with E-state index in [1.165, 1.54) is 17.8 Å². The minimum atomic E-state index is -0.923. The Morgan fingerprint density at radius 1 is 1.07 bits per heavy atom. The van der Waals surface area contributed by atoms with Gasteiger partial charge in [-0.3, -0.25) is 4.98 Å². The van der Waals surface area contributed by atoms with Crippen molar-refractivity contribution in [3.63, 3.8) is 0 Å². The van der Waals surface area contributed by atoms with Gasteiger partial charge in [-0.25, -0.2) is 13.8 Å². The number of pyridine rings is 1. The number of benzene rings is 2. The maximum Gasteiger partial charge on any atom is 0.218 e.